The molecule has 0 amide bonds. The van der Waals surface area contributed by atoms with Crippen molar-refractivity contribution in [3.8, 4) is 11.8 Å². The fourth-order valence-corrected chi connectivity index (χ4v) is 4.78. The molecule has 0 saturated carbocycles. The van der Waals surface area contributed by atoms with Gasteiger partial charge in [-0.25, -0.2) is 23.1 Å². The second-order valence-electron chi connectivity index (χ2n) is 7.99. The molecule has 188 valence electrons. The fourth-order valence-electron chi connectivity index (χ4n) is 3.89. The van der Waals surface area contributed by atoms with Crippen molar-refractivity contribution in [2.45, 2.75) is 18.2 Å². The minimum Gasteiger partial charge on any atom is -0.494 e. The molecule has 0 spiro atoms. The van der Waals surface area contributed by atoms with Crippen molar-refractivity contribution in [3.05, 3.63) is 65.6 Å². The van der Waals surface area contributed by atoms with Gasteiger partial charge in [-0.2, -0.15) is 5.26 Å². The van der Waals surface area contributed by atoms with E-state index in [1.165, 1.54) is 19.3 Å². The maximum absolute atomic E-state index is 12.4. The van der Waals surface area contributed by atoms with Crippen LogP contribution < -0.4 is 19.7 Å². The Kier molecular flexibility index (Phi) is 8.00. The number of rotatable bonds is 9. The molecule has 1 saturated heterocycles. The number of ether oxygens (including phenoxy) is 2. The number of hydrogen-bond acceptors (Lipinski definition) is 9. The molecule has 0 aliphatic carbocycles. The Bertz CT molecular complexity index is 1370. The number of morpholine rings is 1. The van der Waals surface area contributed by atoms with Gasteiger partial charge in [0.2, 0.25) is 10.0 Å². The minimum atomic E-state index is -3.72. The van der Waals surface area contributed by atoms with E-state index in [0.717, 1.165) is 30.1 Å². The summed E-state index contributed by atoms with van der Waals surface area (Å²) < 4.78 is 38.6. The molecule has 2 N–H and O–H groups in total. The number of benzene rings is 2. The third kappa shape index (κ3) is 5.73. The predicted molar refractivity (Wildman–Crippen MR) is 136 cm³/mol. The van der Waals surface area contributed by atoms with Crippen LogP contribution in [0.15, 0.2) is 53.6 Å². The normalized spacial score (nSPS) is 13.8. The Hall–Kier alpha value is -3.72. The third-order valence-electron chi connectivity index (χ3n) is 5.73. The van der Waals surface area contributed by atoms with E-state index in [9.17, 15) is 13.7 Å². The van der Waals surface area contributed by atoms with E-state index < -0.39 is 10.0 Å². The lowest BCUT2D eigenvalue weighted by molar-refractivity contribution is 0.122. The highest BCUT2D eigenvalue weighted by Crippen LogP contribution is 2.29. The van der Waals surface area contributed by atoms with Crippen molar-refractivity contribution in [2.75, 3.05) is 50.2 Å². The molecule has 1 fully saturated rings. The summed E-state index contributed by atoms with van der Waals surface area (Å²) in [6, 6.07) is 14.6. The molecule has 2 heterocycles. The molecule has 1 aliphatic rings. The molecule has 0 unspecified atom stereocenters. The molecule has 0 radical (unpaired) electrons. The molecular formula is C25H28N6O4S. The number of para-hydroxylation sites is 1. The van der Waals surface area contributed by atoms with Crippen molar-refractivity contribution >= 4 is 27.2 Å². The zero-order valence-electron chi connectivity index (χ0n) is 20.2. The van der Waals surface area contributed by atoms with Crippen LogP contribution in [-0.4, -0.2) is 58.3 Å². The number of sulfonamides is 1. The monoisotopic (exact) mass is 508 g/mol. The first-order chi connectivity index (χ1) is 17.4. The van der Waals surface area contributed by atoms with Crippen molar-refractivity contribution in [1.82, 2.24) is 14.7 Å². The molecular weight excluding hydrogens is 480 g/mol. The van der Waals surface area contributed by atoms with Gasteiger partial charge in [-0.15, -0.1) is 0 Å². The summed E-state index contributed by atoms with van der Waals surface area (Å²) in [6.45, 7) is 5.48. The van der Waals surface area contributed by atoms with Crippen molar-refractivity contribution in [1.29, 1.82) is 5.26 Å². The van der Waals surface area contributed by atoms with Gasteiger partial charge >= 0.3 is 0 Å². The second kappa shape index (κ2) is 11.3. The number of hydrogen-bond donors (Lipinski definition) is 2. The molecule has 0 bridgehead atoms. The molecule has 4 rings (SSSR count). The summed E-state index contributed by atoms with van der Waals surface area (Å²) in [5, 5.41) is 12.6. The summed E-state index contributed by atoms with van der Waals surface area (Å²) in [6.07, 6.45) is 1.80. The van der Waals surface area contributed by atoms with Crippen LogP contribution in [0.25, 0.3) is 0 Å². The Morgan fingerprint density at radius 1 is 1.19 bits per heavy atom. The first-order valence-corrected chi connectivity index (χ1v) is 13.1. The maximum atomic E-state index is 12.4. The van der Waals surface area contributed by atoms with E-state index >= 15 is 0 Å². The van der Waals surface area contributed by atoms with Gasteiger partial charge in [-0.1, -0.05) is 18.2 Å². The number of nitrogens with zero attached hydrogens (tertiary/aromatic N) is 4. The lowest BCUT2D eigenvalue weighted by Crippen LogP contribution is -2.36. The summed E-state index contributed by atoms with van der Waals surface area (Å²) in [7, 11) is -2.38. The maximum Gasteiger partial charge on any atom is 0.242 e. The van der Waals surface area contributed by atoms with Crippen LogP contribution in [0.5, 0.6) is 5.75 Å². The van der Waals surface area contributed by atoms with E-state index in [1.54, 1.807) is 18.2 Å². The summed E-state index contributed by atoms with van der Waals surface area (Å²) in [5.74, 6) is 1.43. The second-order valence-corrected chi connectivity index (χ2v) is 9.85. The van der Waals surface area contributed by atoms with Crippen LogP contribution in [0.3, 0.4) is 0 Å². The van der Waals surface area contributed by atoms with Gasteiger partial charge in [0.1, 0.15) is 28.1 Å². The van der Waals surface area contributed by atoms with Crippen LogP contribution >= 0.6 is 0 Å². The van der Waals surface area contributed by atoms with Crippen LogP contribution in [0.1, 0.15) is 23.9 Å². The zero-order valence-corrected chi connectivity index (χ0v) is 21.0. The van der Waals surface area contributed by atoms with Crippen LogP contribution in [0.2, 0.25) is 0 Å². The van der Waals surface area contributed by atoms with Crippen molar-refractivity contribution in [2.24, 2.45) is 0 Å². The van der Waals surface area contributed by atoms with Gasteiger partial charge in [0, 0.05) is 36.8 Å². The number of aromatic nitrogens is 2. The van der Waals surface area contributed by atoms with E-state index in [4.69, 9.17) is 9.47 Å². The van der Waals surface area contributed by atoms with Gasteiger partial charge in [0.05, 0.1) is 31.7 Å². The van der Waals surface area contributed by atoms with Crippen molar-refractivity contribution < 1.29 is 17.9 Å². The number of anilines is 3. The Morgan fingerprint density at radius 3 is 2.69 bits per heavy atom. The third-order valence-corrected chi connectivity index (χ3v) is 7.21. The molecule has 10 nitrogen and oxygen atoms in total. The Morgan fingerprint density at radius 2 is 1.97 bits per heavy atom. The molecule has 2 aromatic carbocycles. The highest BCUT2D eigenvalue weighted by molar-refractivity contribution is 7.89. The summed E-state index contributed by atoms with van der Waals surface area (Å²) in [5.41, 5.74) is 2.47. The van der Waals surface area contributed by atoms with Gasteiger partial charge in [-0.05, 0) is 32.2 Å². The van der Waals surface area contributed by atoms with Gasteiger partial charge in [-0.3, -0.25) is 0 Å². The predicted octanol–water partition coefficient (Wildman–Crippen LogP) is 2.83. The molecule has 3 aromatic rings. The van der Waals surface area contributed by atoms with Gasteiger partial charge in [0.15, 0.2) is 5.82 Å². The van der Waals surface area contributed by atoms with E-state index in [2.05, 4.69) is 31.0 Å². The quantitative estimate of drug-likeness (QED) is 0.448. The zero-order chi connectivity index (χ0) is 25.5. The molecule has 36 heavy (non-hydrogen) atoms. The average molecular weight is 509 g/mol. The van der Waals surface area contributed by atoms with Gasteiger partial charge in [0.25, 0.3) is 0 Å². The summed E-state index contributed by atoms with van der Waals surface area (Å²) in [4.78, 5) is 11.2. The summed E-state index contributed by atoms with van der Waals surface area (Å²) >= 11 is 0. The Labute approximate surface area is 211 Å². The number of nitrogens with one attached hydrogen (secondary N) is 2. The van der Waals surface area contributed by atoms with Gasteiger partial charge < -0.3 is 19.7 Å². The molecule has 11 heteroatoms. The van der Waals surface area contributed by atoms with Crippen molar-refractivity contribution in [3.63, 3.8) is 0 Å². The minimum absolute atomic E-state index is 0.0499. The lowest BCUT2D eigenvalue weighted by atomic mass is 10.1. The highest BCUT2D eigenvalue weighted by atomic mass is 32.2. The SMILES string of the molecule is CCOc1cc(N2CCOCC2)ccc1Cc1ncc(C#N)c(Nc2ccccc2S(=O)(=O)NC)n1. The van der Waals surface area contributed by atoms with Crippen LogP contribution in [0, 0.1) is 11.3 Å². The van der Waals surface area contributed by atoms with E-state index in [0.29, 0.717) is 37.8 Å². The van der Waals surface area contributed by atoms with Crippen LogP contribution in [-0.2, 0) is 21.2 Å². The molecule has 0 atom stereocenters. The fraction of sp³-hybridized carbons (Fsp3) is 0.320. The van der Waals surface area contributed by atoms with Crippen LogP contribution in [0.4, 0.5) is 17.2 Å². The smallest absolute Gasteiger partial charge is 0.242 e. The first-order valence-electron chi connectivity index (χ1n) is 11.6. The Balaban J connectivity index is 1.64. The number of nitriles is 1. The van der Waals surface area contributed by atoms with E-state index in [1.807, 2.05) is 25.1 Å². The first kappa shape index (κ1) is 25.4. The highest BCUT2D eigenvalue weighted by Gasteiger charge is 2.19. The standard InChI is InChI=1S/C25H28N6O4S/c1-3-35-22-15-20(31-10-12-34-13-11-31)9-8-18(22)14-24-28-17-19(16-26)25(30-24)29-21-6-4-5-7-23(21)36(32,33)27-2/h4-9,15,17,27H,3,10-14H2,1-2H3,(H,28,29,30). The molecule has 1 aliphatic heterocycles. The average Bonchev–Trinajstić information content (AvgIpc) is 2.91. The topological polar surface area (TPSA) is 129 Å². The lowest BCUT2D eigenvalue weighted by Gasteiger charge is -2.29. The molecule has 1 aromatic heterocycles. The van der Waals surface area contributed by atoms with E-state index in [-0.39, 0.29) is 16.3 Å². The largest absolute Gasteiger partial charge is 0.494 e.